The predicted molar refractivity (Wildman–Crippen MR) is 124 cm³/mol. The topological polar surface area (TPSA) is 141 Å². The fourth-order valence-corrected chi connectivity index (χ4v) is 2.90. The molecule has 2 amide bonds. The summed E-state index contributed by atoms with van der Waals surface area (Å²) in [7, 11) is 0. The van der Waals surface area contributed by atoms with Crippen LogP contribution in [0, 0.1) is 0 Å². The number of carbonyl (C=O) groups is 2. The zero-order valence-electron chi connectivity index (χ0n) is 21.7. The second-order valence-electron chi connectivity index (χ2n) is 9.04. The van der Waals surface area contributed by atoms with Crippen molar-refractivity contribution in [1.82, 2.24) is 10.8 Å². The molecule has 0 saturated carbocycles. The van der Waals surface area contributed by atoms with Crippen molar-refractivity contribution in [3.8, 4) is 0 Å². The summed E-state index contributed by atoms with van der Waals surface area (Å²) in [6.45, 7) is 11.2. The average molecular weight is 521 g/mol. The Morgan fingerprint density at radius 3 is 2.06 bits per heavy atom. The lowest BCUT2D eigenvalue weighted by Crippen LogP contribution is -2.52. The summed E-state index contributed by atoms with van der Waals surface area (Å²) in [5, 5.41) is 2.60. The van der Waals surface area contributed by atoms with Gasteiger partial charge in [0, 0.05) is 18.7 Å². The second-order valence-corrected chi connectivity index (χ2v) is 9.04. The minimum absolute atomic E-state index is 0.309. The van der Waals surface area contributed by atoms with Gasteiger partial charge in [0.05, 0.1) is 59.3 Å². The highest BCUT2D eigenvalue weighted by Crippen LogP contribution is 2.42. The van der Waals surface area contributed by atoms with Crippen LogP contribution in [0.3, 0.4) is 0 Å². The van der Waals surface area contributed by atoms with Gasteiger partial charge in [-0.2, -0.15) is 5.48 Å². The molecule has 3 heterocycles. The van der Waals surface area contributed by atoms with Crippen molar-refractivity contribution in [1.29, 1.82) is 0 Å². The Bertz CT molecular complexity index is 701. The number of rotatable bonds is 19. The van der Waals surface area contributed by atoms with Gasteiger partial charge in [0.25, 0.3) is 5.95 Å². The first-order valence-corrected chi connectivity index (χ1v) is 12.1. The number of hydrogen-bond donors (Lipinski definition) is 2. The molecule has 0 aromatic heterocycles. The second kappa shape index (κ2) is 15.8. The quantitative estimate of drug-likeness (QED) is 0.188. The largest absolute Gasteiger partial charge is 0.442 e. The number of ether oxygens (including phenoxy) is 8. The van der Waals surface area contributed by atoms with Crippen LogP contribution in [0.4, 0.5) is 4.79 Å². The Morgan fingerprint density at radius 2 is 1.50 bits per heavy atom. The van der Waals surface area contributed by atoms with Crippen molar-refractivity contribution in [2.24, 2.45) is 0 Å². The van der Waals surface area contributed by atoms with Crippen LogP contribution >= 0.6 is 0 Å². The molecule has 3 aliphatic rings. The fraction of sp³-hybridized carbons (Fsp3) is 0.826. The van der Waals surface area contributed by atoms with Gasteiger partial charge in [0.2, 0.25) is 5.91 Å². The summed E-state index contributed by atoms with van der Waals surface area (Å²) >= 11 is 0. The summed E-state index contributed by atoms with van der Waals surface area (Å²) in [4.78, 5) is 27.7. The number of carbonyl (C=O) groups excluding carboxylic acids is 2. The van der Waals surface area contributed by atoms with Crippen molar-refractivity contribution < 1.29 is 52.3 Å². The number of hydrogen-bond acceptors (Lipinski definition) is 11. The van der Waals surface area contributed by atoms with Gasteiger partial charge in [-0.05, 0) is 34.1 Å². The van der Waals surface area contributed by atoms with Crippen LogP contribution in [0.5, 0.6) is 0 Å². The van der Waals surface area contributed by atoms with Crippen molar-refractivity contribution in [3.05, 3.63) is 11.5 Å². The Morgan fingerprint density at radius 1 is 0.917 bits per heavy atom. The standard InChI is InChI=1S/C23H40N2O11/c1-18-16-32-23(34-20(18)35-23)6-5-8-28-10-12-30-14-15-31-13-11-29-9-7-24-19(26)17-33-25-21(27)36-22(2,3)4/h5-17H2,1-4H3,(H,24,26)(H,25,27). The van der Waals surface area contributed by atoms with Crippen LogP contribution in [0.15, 0.2) is 11.5 Å². The summed E-state index contributed by atoms with van der Waals surface area (Å²) in [5.74, 6) is -0.704. The number of amides is 2. The highest BCUT2D eigenvalue weighted by atomic mass is 17.0. The van der Waals surface area contributed by atoms with Crippen LogP contribution in [0.2, 0.25) is 0 Å². The maximum Gasteiger partial charge on any atom is 0.431 e. The molecule has 2 bridgehead atoms. The Balaban J connectivity index is 1.25. The molecular formula is C23H40N2O11. The molecule has 208 valence electrons. The normalized spacial score (nSPS) is 16.0. The van der Waals surface area contributed by atoms with E-state index in [0.29, 0.717) is 78.4 Å². The molecule has 0 spiro atoms. The van der Waals surface area contributed by atoms with E-state index in [9.17, 15) is 9.59 Å². The Kier molecular flexibility index (Phi) is 13.2. The van der Waals surface area contributed by atoms with E-state index in [4.69, 9.17) is 42.7 Å². The molecular weight excluding hydrogens is 480 g/mol. The first kappa shape index (κ1) is 30.1. The van der Waals surface area contributed by atoms with Crippen molar-refractivity contribution in [2.45, 2.75) is 52.1 Å². The van der Waals surface area contributed by atoms with Crippen LogP contribution < -0.4 is 10.8 Å². The maximum atomic E-state index is 11.6. The van der Waals surface area contributed by atoms with E-state index in [1.165, 1.54) is 0 Å². The van der Waals surface area contributed by atoms with E-state index < -0.39 is 23.6 Å². The highest BCUT2D eigenvalue weighted by molar-refractivity contribution is 5.77. The molecule has 3 rings (SSSR count). The molecule has 0 aromatic rings. The SMILES string of the molecule is CC1=C2OC(CCCOCCOCCOCCOCCNC(=O)CONC(=O)OC(C)(C)C)(OC1)O2. The fourth-order valence-electron chi connectivity index (χ4n) is 2.90. The van der Waals surface area contributed by atoms with Gasteiger partial charge < -0.3 is 43.2 Å². The lowest BCUT2D eigenvalue weighted by molar-refractivity contribution is -0.469. The molecule has 0 aromatic carbocycles. The number of nitrogens with one attached hydrogen (secondary N) is 2. The zero-order chi connectivity index (χ0) is 26.3. The zero-order valence-corrected chi connectivity index (χ0v) is 21.7. The molecule has 13 nitrogen and oxygen atoms in total. The molecule has 0 atom stereocenters. The number of hydroxylamine groups is 1. The first-order valence-electron chi connectivity index (χ1n) is 12.1. The van der Waals surface area contributed by atoms with E-state index in [1.807, 2.05) is 12.4 Å². The minimum atomic E-state index is -0.902. The predicted octanol–water partition coefficient (Wildman–Crippen LogP) is 1.37. The average Bonchev–Trinajstić information content (AvgIpc) is 2.78. The van der Waals surface area contributed by atoms with E-state index in [-0.39, 0.29) is 6.61 Å². The van der Waals surface area contributed by atoms with Gasteiger partial charge in [0.1, 0.15) is 5.60 Å². The van der Waals surface area contributed by atoms with Crippen molar-refractivity contribution in [2.75, 3.05) is 72.6 Å². The third kappa shape index (κ3) is 12.7. The molecule has 1 fully saturated rings. The maximum absolute atomic E-state index is 11.6. The molecule has 1 saturated heterocycles. The lowest BCUT2D eigenvalue weighted by atomic mass is 10.2. The van der Waals surface area contributed by atoms with Crippen molar-refractivity contribution >= 4 is 12.0 Å². The smallest absolute Gasteiger partial charge is 0.431 e. The lowest BCUT2D eigenvalue weighted by Gasteiger charge is -2.46. The Labute approximate surface area is 211 Å². The van der Waals surface area contributed by atoms with E-state index in [1.54, 1.807) is 20.8 Å². The van der Waals surface area contributed by atoms with Gasteiger partial charge in [0.15, 0.2) is 6.61 Å². The van der Waals surface area contributed by atoms with E-state index >= 15 is 0 Å². The van der Waals surface area contributed by atoms with Crippen LogP contribution in [0.25, 0.3) is 0 Å². The summed E-state index contributed by atoms with van der Waals surface area (Å²) in [6, 6.07) is 0. The minimum Gasteiger partial charge on any atom is -0.442 e. The van der Waals surface area contributed by atoms with E-state index in [2.05, 4.69) is 5.32 Å². The molecule has 13 heteroatoms. The molecule has 0 unspecified atom stereocenters. The van der Waals surface area contributed by atoms with Crippen molar-refractivity contribution in [3.63, 3.8) is 0 Å². The molecule has 36 heavy (non-hydrogen) atoms. The monoisotopic (exact) mass is 520 g/mol. The molecule has 0 aliphatic carbocycles. The summed E-state index contributed by atoms with van der Waals surface area (Å²) < 4.78 is 43.3. The van der Waals surface area contributed by atoms with Gasteiger partial charge in [-0.15, -0.1) is 0 Å². The van der Waals surface area contributed by atoms with E-state index in [0.717, 1.165) is 12.0 Å². The number of fused-ring (bicyclic) bond motifs is 2. The third-order valence-electron chi connectivity index (χ3n) is 4.57. The first-order chi connectivity index (χ1) is 17.2. The summed E-state index contributed by atoms with van der Waals surface area (Å²) in [5.41, 5.74) is 2.37. The van der Waals surface area contributed by atoms with Gasteiger partial charge in [-0.3, -0.25) is 9.63 Å². The third-order valence-corrected chi connectivity index (χ3v) is 4.57. The van der Waals surface area contributed by atoms with Crippen LogP contribution in [-0.4, -0.2) is 96.2 Å². The van der Waals surface area contributed by atoms with Crippen LogP contribution in [-0.2, 0) is 47.5 Å². The van der Waals surface area contributed by atoms with Gasteiger partial charge in [-0.1, -0.05) is 0 Å². The van der Waals surface area contributed by atoms with Crippen LogP contribution in [0.1, 0.15) is 40.5 Å². The molecule has 2 N–H and O–H groups in total. The van der Waals surface area contributed by atoms with Gasteiger partial charge >= 0.3 is 12.1 Å². The summed E-state index contributed by atoms with van der Waals surface area (Å²) in [6.07, 6.45) is 0.622. The highest BCUT2D eigenvalue weighted by Gasteiger charge is 2.51. The Hall–Kier alpha value is -2.16. The molecule has 0 radical (unpaired) electrons. The van der Waals surface area contributed by atoms with Gasteiger partial charge in [-0.25, -0.2) is 4.79 Å². The molecule has 3 aliphatic heterocycles.